The summed E-state index contributed by atoms with van der Waals surface area (Å²) in [6.45, 7) is 6.89. The van der Waals surface area contributed by atoms with Crippen LogP contribution in [0.3, 0.4) is 0 Å². The molecule has 1 aliphatic heterocycles. The summed E-state index contributed by atoms with van der Waals surface area (Å²) in [4.78, 5) is 12.7. The molecule has 8 heteroatoms. The van der Waals surface area contributed by atoms with Gasteiger partial charge in [0.15, 0.2) is 0 Å². The van der Waals surface area contributed by atoms with Crippen molar-refractivity contribution in [3.8, 4) is 0 Å². The Morgan fingerprint density at radius 1 is 1.35 bits per heavy atom. The number of carbonyl (C=O) groups excluding carboxylic acids is 1. The fourth-order valence-corrected chi connectivity index (χ4v) is 5.27. The van der Waals surface area contributed by atoms with Gasteiger partial charge in [-0.15, -0.1) is 0 Å². The third-order valence-electron chi connectivity index (χ3n) is 5.75. The van der Waals surface area contributed by atoms with Crippen LogP contribution in [0.4, 0.5) is 11.4 Å². The maximum absolute atomic E-state index is 12.7. The third-order valence-corrected chi connectivity index (χ3v) is 7.62. The van der Waals surface area contributed by atoms with Crippen LogP contribution in [0.25, 0.3) is 0 Å². The van der Waals surface area contributed by atoms with E-state index in [2.05, 4.69) is 5.32 Å². The number of carbonyl (C=O) groups is 1. The lowest BCUT2D eigenvalue weighted by Crippen LogP contribution is -2.74. The zero-order chi connectivity index (χ0) is 19.2. The highest BCUT2D eigenvalue weighted by atomic mass is 32.2. The molecule has 26 heavy (non-hydrogen) atoms. The first-order valence-electron chi connectivity index (χ1n) is 8.94. The molecule has 0 radical (unpaired) electrons. The van der Waals surface area contributed by atoms with E-state index in [1.54, 1.807) is 24.3 Å². The Bertz CT molecular complexity index is 791. The maximum Gasteiger partial charge on any atom is 0.245 e. The van der Waals surface area contributed by atoms with Gasteiger partial charge in [0.2, 0.25) is 15.9 Å². The van der Waals surface area contributed by atoms with E-state index < -0.39 is 21.0 Å². The van der Waals surface area contributed by atoms with Gasteiger partial charge in [-0.1, -0.05) is 13.8 Å². The molecule has 0 aromatic heterocycles. The van der Waals surface area contributed by atoms with Gasteiger partial charge in [0.05, 0.1) is 17.5 Å². The standard InChI is InChI=1S/C18H27N3O4S/c1-4-25-15-12-18(19,17(15,2)3)16(22)20-13-6-8-14(9-7-13)21-10-5-11-26(21,23)24/h6-9,15H,4-5,10-12,19H2,1-3H3,(H,20,22). The first-order valence-corrected chi connectivity index (χ1v) is 10.5. The Balaban J connectivity index is 1.69. The van der Waals surface area contributed by atoms with Crippen LogP contribution in [0.15, 0.2) is 24.3 Å². The van der Waals surface area contributed by atoms with Gasteiger partial charge in [0.1, 0.15) is 5.54 Å². The van der Waals surface area contributed by atoms with Gasteiger partial charge in [-0.05, 0) is 37.6 Å². The minimum atomic E-state index is -3.21. The number of rotatable bonds is 5. The summed E-state index contributed by atoms with van der Waals surface area (Å²) in [6.07, 6.45) is 1.07. The summed E-state index contributed by atoms with van der Waals surface area (Å²) in [7, 11) is -3.21. The van der Waals surface area contributed by atoms with E-state index in [9.17, 15) is 13.2 Å². The molecule has 2 fully saturated rings. The van der Waals surface area contributed by atoms with Crippen LogP contribution in [-0.2, 0) is 19.6 Å². The molecule has 144 valence electrons. The maximum atomic E-state index is 12.7. The lowest BCUT2D eigenvalue weighted by atomic mass is 9.54. The minimum absolute atomic E-state index is 0.0361. The molecule has 1 aromatic rings. The van der Waals surface area contributed by atoms with Gasteiger partial charge in [0, 0.05) is 30.7 Å². The molecule has 1 aliphatic carbocycles. The van der Waals surface area contributed by atoms with Crippen molar-refractivity contribution in [3.63, 3.8) is 0 Å². The fourth-order valence-electron chi connectivity index (χ4n) is 3.70. The first kappa shape index (κ1) is 19.1. The average Bonchev–Trinajstić information content (AvgIpc) is 2.94. The topological polar surface area (TPSA) is 102 Å². The molecular formula is C18H27N3O4S. The van der Waals surface area contributed by atoms with Crippen molar-refractivity contribution in [1.82, 2.24) is 0 Å². The summed E-state index contributed by atoms with van der Waals surface area (Å²) in [5, 5.41) is 2.85. The van der Waals surface area contributed by atoms with Crippen molar-refractivity contribution in [2.45, 2.75) is 45.3 Å². The van der Waals surface area contributed by atoms with Crippen molar-refractivity contribution in [3.05, 3.63) is 24.3 Å². The molecular weight excluding hydrogens is 354 g/mol. The van der Waals surface area contributed by atoms with Gasteiger partial charge in [-0.25, -0.2) is 8.42 Å². The number of nitrogens with two attached hydrogens (primary N) is 1. The molecule has 1 aromatic carbocycles. The highest BCUT2D eigenvalue weighted by molar-refractivity contribution is 7.93. The van der Waals surface area contributed by atoms with Crippen LogP contribution in [0.5, 0.6) is 0 Å². The number of anilines is 2. The largest absolute Gasteiger partial charge is 0.378 e. The van der Waals surface area contributed by atoms with E-state index in [1.807, 2.05) is 20.8 Å². The van der Waals surface area contributed by atoms with Gasteiger partial charge >= 0.3 is 0 Å². The number of hydrogen-bond donors (Lipinski definition) is 2. The van der Waals surface area contributed by atoms with Crippen LogP contribution in [-0.4, -0.2) is 44.9 Å². The quantitative estimate of drug-likeness (QED) is 0.808. The SMILES string of the molecule is CCOC1CC(N)(C(=O)Nc2ccc(N3CCCS3(=O)=O)cc2)C1(C)C. The van der Waals surface area contributed by atoms with Crippen molar-refractivity contribution >= 4 is 27.3 Å². The lowest BCUT2D eigenvalue weighted by Gasteiger charge is -2.57. The Hall–Kier alpha value is -1.64. The van der Waals surface area contributed by atoms with E-state index in [0.29, 0.717) is 37.4 Å². The molecule has 1 amide bonds. The second kappa shape index (κ2) is 6.51. The Kier molecular flexibility index (Phi) is 4.79. The summed E-state index contributed by atoms with van der Waals surface area (Å²) < 4.78 is 31.0. The predicted octanol–water partition coefficient (Wildman–Crippen LogP) is 1.70. The van der Waals surface area contributed by atoms with Crippen LogP contribution < -0.4 is 15.4 Å². The molecule has 1 heterocycles. The third kappa shape index (κ3) is 3.00. The molecule has 2 atom stereocenters. The van der Waals surface area contributed by atoms with E-state index >= 15 is 0 Å². The van der Waals surface area contributed by atoms with Crippen molar-refractivity contribution in [2.24, 2.45) is 11.1 Å². The first-order chi connectivity index (χ1) is 12.1. The minimum Gasteiger partial charge on any atom is -0.378 e. The number of nitrogens with zero attached hydrogens (tertiary/aromatic N) is 1. The average molecular weight is 381 g/mol. The Morgan fingerprint density at radius 2 is 2.00 bits per heavy atom. The van der Waals surface area contributed by atoms with E-state index in [-0.39, 0.29) is 17.8 Å². The van der Waals surface area contributed by atoms with E-state index in [4.69, 9.17) is 10.5 Å². The summed E-state index contributed by atoms with van der Waals surface area (Å²) >= 11 is 0. The van der Waals surface area contributed by atoms with Gasteiger partial charge < -0.3 is 15.8 Å². The molecule has 2 aliphatic rings. The normalized spacial score (nSPS) is 29.2. The van der Waals surface area contributed by atoms with E-state index in [1.165, 1.54) is 4.31 Å². The number of sulfonamides is 1. The van der Waals surface area contributed by atoms with Crippen molar-refractivity contribution in [2.75, 3.05) is 28.5 Å². The Morgan fingerprint density at radius 3 is 2.50 bits per heavy atom. The van der Waals surface area contributed by atoms with Gasteiger partial charge in [0.25, 0.3) is 0 Å². The highest BCUT2D eigenvalue weighted by Crippen LogP contribution is 2.50. The molecule has 0 spiro atoms. The number of nitrogens with one attached hydrogen (secondary N) is 1. The molecule has 7 nitrogen and oxygen atoms in total. The van der Waals surface area contributed by atoms with Crippen LogP contribution >= 0.6 is 0 Å². The fraction of sp³-hybridized carbons (Fsp3) is 0.611. The smallest absolute Gasteiger partial charge is 0.245 e. The highest BCUT2D eigenvalue weighted by Gasteiger charge is 2.62. The zero-order valence-electron chi connectivity index (χ0n) is 15.5. The molecule has 1 saturated heterocycles. The lowest BCUT2D eigenvalue weighted by molar-refractivity contribution is -0.166. The van der Waals surface area contributed by atoms with Crippen LogP contribution in [0.2, 0.25) is 0 Å². The van der Waals surface area contributed by atoms with Crippen LogP contribution in [0, 0.1) is 5.41 Å². The zero-order valence-corrected chi connectivity index (χ0v) is 16.3. The molecule has 3 rings (SSSR count). The van der Waals surface area contributed by atoms with E-state index in [0.717, 1.165) is 0 Å². The van der Waals surface area contributed by atoms with Crippen LogP contribution in [0.1, 0.15) is 33.6 Å². The number of amides is 1. The molecule has 3 N–H and O–H groups in total. The van der Waals surface area contributed by atoms with Crippen molar-refractivity contribution in [1.29, 1.82) is 0 Å². The van der Waals surface area contributed by atoms with Crippen molar-refractivity contribution < 1.29 is 17.9 Å². The molecule has 1 saturated carbocycles. The predicted molar refractivity (Wildman–Crippen MR) is 102 cm³/mol. The summed E-state index contributed by atoms with van der Waals surface area (Å²) in [5.74, 6) is -0.0722. The number of hydrogen-bond acceptors (Lipinski definition) is 5. The van der Waals surface area contributed by atoms with Gasteiger partial charge in [-0.2, -0.15) is 0 Å². The molecule has 0 bridgehead atoms. The second-order valence-corrected chi connectivity index (χ2v) is 9.60. The molecule has 2 unspecified atom stereocenters. The van der Waals surface area contributed by atoms with Gasteiger partial charge in [-0.3, -0.25) is 9.10 Å². The summed E-state index contributed by atoms with van der Waals surface area (Å²) in [6, 6.07) is 6.82. The number of ether oxygens (including phenoxy) is 1. The second-order valence-electron chi connectivity index (χ2n) is 7.58. The summed E-state index contributed by atoms with van der Waals surface area (Å²) in [5.41, 5.74) is 6.13. The number of benzene rings is 1. The Labute approximate surface area is 154 Å². The monoisotopic (exact) mass is 381 g/mol.